The number of carboxylic acid groups (broad SMARTS) is 1. The van der Waals surface area contributed by atoms with Gasteiger partial charge in [-0.3, -0.25) is 19.3 Å². The predicted octanol–water partition coefficient (Wildman–Crippen LogP) is -0.480. The average Bonchev–Trinajstić information content (AvgIpc) is 2.35. The minimum absolute atomic E-state index is 0.00865. The third-order valence-corrected chi connectivity index (χ3v) is 3.09. The van der Waals surface area contributed by atoms with Crippen LogP contribution in [0.3, 0.4) is 0 Å². The fourth-order valence-electron chi connectivity index (χ4n) is 2.10. The minimum atomic E-state index is -0.956. The molecule has 114 valence electrons. The summed E-state index contributed by atoms with van der Waals surface area (Å²) in [6.07, 6.45) is -0.0843. The number of hydrogen-bond donors (Lipinski definition) is 2. The first-order chi connectivity index (χ1) is 9.38. The number of carbonyl (C=O) groups is 3. The number of hydrogen-bond acceptors (Lipinski definition) is 4. The largest absolute Gasteiger partial charge is 0.481 e. The van der Waals surface area contributed by atoms with Crippen LogP contribution in [0.25, 0.3) is 0 Å². The maximum absolute atomic E-state index is 11.7. The third-order valence-electron chi connectivity index (χ3n) is 3.09. The fraction of sp³-hybridized carbons (Fsp3) is 0.769. The van der Waals surface area contributed by atoms with Crippen molar-refractivity contribution in [3.8, 4) is 0 Å². The second kappa shape index (κ2) is 7.84. The molecule has 0 radical (unpaired) electrons. The van der Waals surface area contributed by atoms with Gasteiger partial charge in [0.1, 0.15) is 0 Å². The first-order valence-corrected chi connectivity index (χ1v) is 6.89. The van der Waals surface area contributed by atoms with Crippen LogP contribution in [0.4, 0.5) is 0 Å². The van der Waals surface area contributed by atoms with E-state index >= 15 is 0 Å². The molecule has 2 N–H and O–H groups in total. The summed E-state index contributed by atoms with van der Waals surface area (Å²) in [6, 6.07) is 0.126. The Hall–Kier alpha value is -1.63. The van der Waals surface area contributed by atoms with Crippen molar-refractivity contribution < 1.29 is 19.5 Å². The highest BCUT2D eigenvalue weighted by Gasteiger charge is 2.22. The summed E-state index contributed by atoms with van der Waals surface area (Å²) in [5.41, 5.74) is 0. The normalized spacial score (nSPS) is 16.2. The van der Waals surface area contributed by atoms with Crippen LogP contribution in [0.2, 0.25) is 0 Å². The van der Waals surface area contributed by atoms with Gasteiger partial charge >= 0.3 is 5.97 Å². The Balaban J connectivity index is 2.27. The first kappa shape index (κ1) is 16.4. The lowest BCUT2D eigenvalue weighted by Crippen LogP contribution is -2.51. The van der Waals surface area contributed by atoms with E-state index < -0.39 is 5.97 Å². The maximum atomic E-state index is 11.7. The summed E-state index contributed by atoms with van der Waals surface area (Å²) in [6.45, 7) is 6.55. The van der Waals surface area contributed by atoms with Crippen molar-refractivity contribution in [3.63, 3.8) is 0 Å². The number of rotatable bonds is 6. The highest BCUT2D eigenvalue weighted by molar-refractivity contribution is 5.81. The average molecular weight is 285 g/mol. The van der Waals surface area contributed by atoms with Crippen molar-refractivity contribution in [1.82, 2.24) is 15.1 Å². The van der Waals surface area contributed by atoms with Gasteiger partial charge in [-0.1, -0.05) is 0 Å². The second-order valence-electron chi connectivity index (χ2n) is 5.27. The van der Waals surface area contributed by atoms with Gasteiger partial charge in [0.25, 0.3) is 0 Å². The van der Waals surface area contributed by atoms with Crippen molar-refractivity contribution in [3.05, 3.63) is 0 Å². The molecule has 1 rings (SSSR count). The summed E-state index contributed by atoms with van der Waals surface area (Å²) < 4.78 is 0. The van der Waals surface area contributed by atoms with E-state index in [2.05, 4.69) is 5.32 Å². The molecule has 0 unspecified atom stereocenters. The fourth-order valence-corrected chi connectivity index (χ4v) is 2.10. The summed E-state index contributed by atoms with van der Waals surface area (Å²) in [7, 11) is 0. The maximum Gasteiger partial charge on any atom is 0.303 e. The molecule has 0 saturated carbocycles. The van der Waals surface area contributed by atoms with Gasteiger partial charge in [0, 0.05) is 38.6 Å². The second-order valence-corrected chi connectivity index (χ2v) is 5.27. The predicted molar refractivity (Wildman–Crippen MR) is 73.2 cm³/mol. The molecule has 2 amide bonds. The zero-order chi connectivity index (χ0) is 15.1. The van der Waals surface area contributed by atoms with Crippen LogP contribution in [0.15, 0.2) is 0 Å². The van der Waals surface area contributed by atoms with E-state index in [4.69, 9.17) is 5.11 Å². The van der Waals surface area contributed by atoms with Crippen molar-refractivity contribution in [2.75, 3.05) is 32.7 Å². The number of nitrogens with one attached hydrogen (secondary N) is 1. The van der Waals surface area contributed by atoms with Crippen LogP contribution >= 0.6 is 0 Å². The molecule has 0 aromatic heterocycles. The van der Waals surface area contributed by atoms with Gasteiger partial charge in [-0.05, 0) is 13.8 Å². The SMILES string of the molecule is CC(C)NC(=O)CN1CCN(C(=O)CCC(=O)O)CC1. The smallest absolute Gasteiger partial charge is 0.303 e. The lowest BCUT2D eigenvalue weighted by atomic mass is 10.2. The molecule has 1 aliphatic rings. The summed E-state index contributed by atoms with van der Waals surface area (Å²) in [5, 5.41) is 11.4. The standard InChI is InChI=1S/C13H23N3O4/c1-10(2)14-11(17)9-15-5-7-16(8-6-15)12(18)3-4-13(19)20/h10H,3-9H2,1-2H3,(H,14,17)(H,19,20). The molecule has 0 aliphatic carbocycles. The molecule has 7 nitrogen and oxygen atoms in total. The molecule has 0 bridgehead atoms. The molecule has 1 aliphatic heterocycles. The minimum Gasteiger partial charge on any atom is -0.481 e. The van der Waals surface area contributed by atoms with Crippen molar-refractivity contribution in [2.24, 2.45) is 0 Å². The molecule has 0 aromatic carbocycles. The van der Waals surface area contributed by atoms with Gasteiger partial charge in [-0.25, -0.2) is 0 Å². The molecule has 0 aromatic rings. The van der Waals surface area contributed by atoms with Crippen molar-refractivity contribution in [1.29, 1.82) is 0 Å². The van der Waals surface area contributed by atoms with Crippen LogP contribution in [-0.4, -0.2) is 71.5 Å². The Morgan fingerprint density at radius 2 is 1.70 bits per heavy atom. The lowest BCUT2D eigenvalue weighted by molar-refractivity contribution is -0.141. The Labute approximate surface area is 118 Å². The van der Waals surface area contributed by atoms with E-state index in [1.54, 1.807) is 4.90 Å². The third kappa shape index (κ3) is 6.01. The molecular formula is C13H23N3O4. The molecule has 1 fully saturated rings. The number of amides is 2. The van der Waals surface area contributed by atoms with Gasteiger partial charge in [0.15, 0.2) is 0 Å². The molecule has 1 heterocycles. The van der Waals surface area contributed by atoms with E-state index in [-0.39, 0.29) is 30.7 Å². The summed E-state index contributed by atoms with van der Waals surface area (Å²) in [5.74, 6) is -1.09. The number of carboxylic acids is 1. The van der Waals surface area contributed by atoms with Gasteiger partial charge in [0.2, 0.25) is 11.8 Å². The van der Waals surface area contributed by atoms with Crippen molar-refractivity contribution in [2.45, 2.75) is 32.7 Å². The van der Waals surface area contributed by atoms with Gasteiger partial charge in [-0.2, -0.15) is 0 Å². The highest BCUT2D eigenvalue weighted by Crippen LogP contribution is 2.05. The molecule has 0 spiro atoms. The number of piperazine rings is 1. The van der Waals surface area contributed by atoms with Crippen LogP contribution in [0.1, 0.15) is 26.7 Å². The van der Waals surface area contributed by atoms with E-state index in [0.717, 1.165) is 0 Å². The van der Waals surface area contributed by atoms with E-state index in [1.165, 1.54) is 0 Å². The monoisotopic (exact) mass is 285 g/mol. The zero-order valence-corrected chi connectivity index (χ0v) is 12.1. The van der Waals surface area contributed by atoms with Gasteiger partial charge < -0.3 is 15.3 Å². The number of aliphatic carboxylic acids is 1. The summed E-state index contributed by atoms with van der Waals surface area (Å²) >= 11 is 0. The lowest BCUT2D eigenvalue weighted by Gasteiger charge is -2.34. The van der Waals surface area contributed by atoms with Gasteiger partial charge in [-0.15, -0.1) is 0 Å². The number of nitrogens with zero attached hydrogens (tertiary/aromatic N) is 2. The van der Waals surface area contributed by atoms with E-state index in [9.17, 15) is 14.4 Å². The van der Waals surface area contributed by atoms with Crippen molar-refractivity contribution >= 4 is 17.8 Å². The first-order valence-electron chi connectivity index (χ1n) is 6.89. The Kier molecular flexibility index (Phi) is 6.44. The molecular weight excluding hydrogens is 262 g/mol. The zero-order valence-electron chi connectivity index (χ0n) is 12.1. The van der Waals surface area contributed by atoms with Crippen LogP contribution in [-0.2, 0) is 14.4 Å². The Bertz CT molecular complexity index is 363. The van der Waals surface area contributed by atoms with Gasteiger partial charge in [0.05, 0.1) is 13.0 Å². The number of carbonyl (C=O) groups excluding carboxylic acids is 2. The molecule has 7 heteroatoms. The Morgan fingerprint density at radius 3 is 2.20 bits per heavy atom. The highest BCUT2D eigenvalue weighted by atomic mass is 16.4. The van der Waals surface area contributed by atoms with E-state index in [0.29, 0.717) is 32.7 Å². The van der Waals surface area contributed by atoms with Crippen LogP contribution in [0.5, 0.6) is 0 Å². The molecule has 0 atom stereocenters. The topological polar surface area (TPSA) is 90.0 Å². The molecule has 1 saturated heterocycles. The summed E-state index contributed by atoms with van der Waals surface area (Å²) in [4.78, 5) is 37.4. The van der Waals surface area contributed by atoms with Crippen LogP contribution in [0, 0.1) is 0 Å². The van der Waals surface area contributed by atoms with E-state index in [1.807, 2.05) is 18.7 Å². The Morgan fingerprint density at radius 1 is 1.10 bits per heavy atom. The quantitative estimate of drug-likeness (QED) is 0.688. The molecule has 20 heavy (non-hydrogen) atoms. The van der Waals surface area contributed by atoms with Crippen LogP contribution < -0.4 is 5.32 Å².